The summed E-state index contributed by atoms with van der Waals surface area (Å²) in [7, 11) is 0. The van der Waals surface area contributed by atoms with Crippen LogP contribution in [0.4, 0.5) is 5.69 Å². The molecule has 2 aromatic carbocycles. The van der Waals surface area contributed by atoms with Crippen molar-refractivity contribution in [3.8, 4) is 11.5 Å². The number of amides is 1. The zero-order valence-corrected chi connectivity index (χ0v) is 14.1. The third-order valence-corrected chi connectivity index (χ3v) is 3.72. The highest BCUT2D eigenvalue weighted by Gasteiger charge is 2.29. The summed E-state index contributed by atoms with van der Waals surface area (Å²) in [5.74, 6) is -0.0225. The van der Waals surface area contributed by atoms with Crippen LogP contribution in [0, 0.1) is 0 Å². The van der Waals surface area contributed by atoms with Crippen LogP contribution in [0.25, 0.3) is 0 Å². The van der Waals surface area contributed by atoms with Crippen LogP contribution in [0.2, 0.25) is 0 Å². The SMILES string of the molecule is O=C(COC(=O)[C@@H]1COc2ccccc2O1)Nc1cccc(Br)c1. The van der Waals surface area contributed by atoms with Gasteiger partial charge in [0.2, 0.25) is 6.10 Å². The smallest absolute Gasteiger partial charge is 0.351 e. The van der Waals surface area contributed by atoms with E-state index in [1.165, 1.54) is 0 Å². The number of halogens is 1. The standard InChI is InChI=1S/C17H14BrNO5/c18-11-4-3-5-12(8-11)19-16(20)10-23-17(21)15-9-22-13-6-1-2-7-14(13)24-15/h1-8,15H,9-10H2,(H,19,20)/t15-/m0/s1. The Morgan fingerprint density at radius 3 is 2.75 bits per heavy atom. The van der Waals surface area contributed by atoms with E-state index < -0.39 is 24.6 Å². The lowest BCUT2D eigenvalue weighted by Crippen LogP contribution is -2.39. The normalized spacial score (nSPS) is 15.5. The molecule has 1 aliphatic rings. The predicted molar refractivity (Wildman–Crippen MR) is 90.1 cm³/mol. The minimum absolute atomic E-state index is 0.0447. The highest BCUT2D eigenvalue weighted by molar-refractivity contribution is 9.10. The highest BCUT2D eigenvalue weighted by atomic mass is 79.9. The molecule has 0 bridgehead atoms. The Hall–Kier alpha value is -2.54. The number of nitrogens with one attached hydrogen (secondary N) is 1. The number of anilines is 1. The van der Waals surface area contributed by atoms with Gasteiger partial charge in [-0.25, -0.2) is 4.79 Å². The van der Waals surface area contributed by atoms with E-state index in [9.17, 15) is 9.59 Å². The van der Waals surface area contributed by atoms with Gasteiger partial charge in [0, 0.05) is 10.2 Å². The van der Waals surface area contributed by atoms with Crippen molar-refractivity contribution in [2.45, 2.75) is 6.10 Å². The fourth-order valence-corrected chi connectivity index (χ4v) is 2.53. The van der Waals surface area contributed by atoms with Crippen LogP contribution < -0.4 is 14.8 Å². The first-order valence-corrected chi connectivity index (χ1v) is 8.01. The van der Waals surface area contributed by atoms with E-state index in [1.807, 2.05) is 12.1 Å². The van der Waals surface area contributed by atoms with Gasteiger partial charge in [-0.1, -0.05) is 34.1 Å². The van der Waals surface area contributed by atoms with Crippen molar-refractivity contribution in [2.24, 2.45) is 0 Å². The Balaban J connectivity index is 1.50. The van der Waals surface area contributed by atoms with Gasteiger partial charge in [0.05, 0.1) is 0 Å². The minimum Gasteiger partial charge on any atom is -0.485 e. The van der Waals surface area contributed by atoms with Gasteiger partial charge in [0.25, 0.3) is 5.91 Å². The van der Waals surface area contributed by atoms with Crippen molar-refractivity contribution >= 4 is 33.5 Å². The van der Waals surface area contributed by atoms with Gasteiger partial charge in [-0.15, -0.1) is 0 Å². The molecule has 0 spiro atoms. The summed E-state index contributed by atoms with van der Waals surface area (Å²) in [6.45, 7) is -0.351. The topological polar surface area (TPSA) is 73.9 Å². The Morgan fingerprint density at radius 1 is 1.17 bits per heavy atom. The van der Waals surface area contributed by atoms with Crippen LogP contribution in [0.3, 0.4) is 0 Å². The number of hydrogen-bond acceptors (Lipinski definition) is 5. The molecule has 3 rings (SSSR count). The van der Waals surface area contributed by atoms with E-state index in [-0.39, 0.29) is 6.61 Å². The highest BCUT2D eigenvalue weighted by Crippen LogP contribution is 2.31. The fourth-order valence-electron chi connectivity index (χ4n) is 2.13. The first-order chi connectivity index (χ1) is 11.6. The molecule has 0 aliphatic carbocycles. The quantitative estimate of drug-likeness (QED) is 0.811. The van der Waals surface area contributed by atoms with Crippen molar-refractivity contribution < 1.29 is 23.8 Å². The number of para-hydroxylation sites is 2. The van der Waals surface area contributed by atoms with Gasteiger partial charge in [-0.2, -0.15) is 0 Å². The molecular weight excluding hydrogens is 378 g/mol. The fraction of sp³-hybridized carbons (Fsp3) is 0.176. The van der Waals surface area contributed by atoms with Crippen molar-refractivity contribution in [1.29, 1.82) is 0 Å². The lowest BCUT2D eigenvalue weighted by atomic mass is 10.2. The van der Waals surface area contributed by atoms with E-state index in [1.54, 1.807) is 36.4 Å². The van der Waals surface area contributed by atoms with E-state index in [2.05, 4.69) is 21.2 Å². The third kappa shape index (κ3) is 4.05. The monoisotopic (exact) mass is 391 g/mol. The second-order valence-corrected chi connectivity index (χ2v) is 5.95. The summed E-state index contributed by atoms with van der Waals surface area (Å²) in [5.41, 5.74) is 0.608. The molecule has 0 aromatic heterocycles. The number of fused-ring (bicyclic) bond motifs is 1. The predicted octanol–water partition coefficient (Wildman–Crippen LogP) is 2.77. The first-order valence-electron chi connectivity index (χ1n) is 7.22. The van der Waals surface area contributed by atoms with Crippen molar-refractivity contribution in [3.05, 3.63) is 53.0 Å². The molecule has 1 N–H and O–H groups in total. The van der Waals surface area contributed by atoms with Gasteiger partial charge in [0.15, 0.2) is 18.1 Å². The molecule has 0 saturated carbocycles. The number of ether oxygens (including phenoxy) is 3. The molecule has 1 amide bonds. The number of esters is 1. The number of rotatable bonds is 4. The molecular formula is C17H14BrNO5. The molecule has 24 heavy (non-hydrogen) atoms. The van der Waals surface area contributed by atoms with Gasteiger partial charge in [0.1, 0.15) is 6.61 Å². The molecule has 7 heteroatoms. The molecule has 6 nitrogen and oxygen atoms in total. The summed E-state index contributed by atoms with van der Waals surface area (Å²) in [4.78, 5) is 23.8. The average molecular weight is 392 g/mol. The second-order valence-electron chi connectivity index (χ2n) is 5.03. The molecule has 0 radical (unpaired) electrons. The van der Waals surface area contributed by atoms with Crippen LogP contribution in [0.5, 0.6) is 11.5 Å². The molecule has 0 fully saturated rings. The average Bonchev–Trinajstić information content (AvgIpc) is 2.59. The van der Waals surface area contributed by atoms with Crippen LogP contribution >= 0.6 is 15.9 Å². The van der Waals surface area contributed by atoms with Crippen LogP contribution in [0.15, 0.2) is 53.0 Å². The maximum absolute atomic E-state index is 12.0. The summed E-state index contributed by atoms with van der Waals surface area (Å²) in [6.07, 6.45) is -0.890. The van der Waals surface area contributed by atoms with Crippen LogP contribution in [0.1, 0.15) is 0 Å². The lowest BCUT2D eigenvalue weighted by Gasteiger charge is -2.24. The van der Waals surface area contributed by atoms with E-state index in [4.69, 9.17) is 14.2 Å². The van der Waals surface area contributed by atoms with E-state index in [0.29, 0.717) is 17.2 Å². The summed E-state index contributed by atoms with van der Waals surface area (Å²) >= 11 is 3.31. The summed E-state index contributed by atoms with van der Waals surface area (Å²) in [6, 6.07) is 14.2. The van der Waals surface area contributed by atoms with Gasteiger partial charge < -0.3 is 19.5 Å². The summed E-state index contributed by atoms with van der Waals surface area (Å²) < 4.78 is 16.8. The maximum Gasteiger partial charge on any atom is 0.351 e. The molecule has 0 unspecified atom stereocenters. The van der Waals surface area contributed by atoms with Crippen molar-refractivity contribution in [1.82, 2.24) is 0 Å². The van der Waals surface area contributed by atoms with E-state index >= 15 is 0 Å². The van der Waals surface area contributed by atoms with Gasteiger partial charge >= 0.3 is 5.97 Å². The number of benzene rings is 2. The molecule has 124 valence electrons. The van der Waals surface area contributed by atoms with Crippen LogP contribution in [-0.4, -0.2) is 31.2 Å². The Morgan fingerprint density at radius 2 is 1.96 bits per heavy atom. The molecule has 2 aromatic rings. The summed E-state index contributed by atoms with van der Waals surface area (Å²) in [5, 5.41) is 2.64. The maximum atomic E-state index is 12.0. The molecule has 0 saturated heterocycles. The molecule has 1 atom stereocenters. The molecule has 1 heterocycles. The number of carbonyl (C=O) groups excluding carboxylic acids is 2. The zero-order valence-electron chi connectivity index (χ0n) is 12.5. The number of hydrogen-bond donors (Lipinski definition) is 1. The van der Waals surface area contributed by atoms with Gasteiger partial charge in [-0.3, -0.25) is 4.79 Å². The van der Waals surface area contributed by atoms with Gasteiger partial charge in [-0.05, 0) is 30.3 Å². The Kier molecular flexibility index (Phi) is 5.00. The first kappa shape index (κ1) is 16.3. The third-order valence-electron chi connectivity index (χ3n) is 3.23. The Labute approximate surface area is 146 Å². The van der Waals surface area contributed by atoms with Crippen molar-refractivity contribution in [3.63, 3.8) is 0 Å². The van der Waals surface area contributed by atoms with Crippen molar-refractivity contribution in [2.75, 3.05) is 18.5 Å². The lowest BCUT2D eigenvalue weighted by molar-refractivity contribution is -0.156. The molecule has 1 aliphatic heterocycles. The minimum atomic E-state index is -0.890. The number of carbonyl (C=O) groups is 2. The Bertz CT molecular complexity index is 764. The second kappa shape index (κ2) is 7.35. The van der Waals surface area contributed by atoms with Crippen LogP contribution in [-0.2, 0) is 14.3 Å². The van der Waals surface area contributed by atoms with E-state index in [0.717, 1.165) is 4.47 Å². The largest absolute Gasteiger partial charge is 0.485 e. The zero-order chi connectivity index (χ0) is 16.9.